The van der Waals surface area contributed by atoms with Gasteiger partial charge in [0.15, 0.2) is 0 Å². The van der Waals surface area contributed by atoms with Crippen LogP contribution in [0.15, 0.2) is 83.8 Å². The Morgan fingerprint density at radius 1 is 1.09 bits per heavy atom. The van der Waals surface area contributed by atoms with E-state index in [0.29, 0.717) is 17.4 Å². The number of rotatable bonds is 5. The van der Waals surface area contributed by atoms with Crippen molar-refractivity contribution in [2.45, 2.75) is 36.0 Å². The maximum absolute atomic E-state index is 11.8. The van der Waals surface area contributed by atoms with Gasteiger partial charge in [0.25, 0.3) is 0 Å². The van der Waals surface area contributed by atoms with Crippen LogP contribution < -0.4 is 5.32 Å². The average Bonchev–Trinajstić information content (AvgIpc) is 3.33. The predicted molar refractivity (Wildman–Crippen MR) is 131 cm³/mol. The van der Waals surface area contributed by atoms with Crippen molar-refractivity contribution in [3.63, 3.8) is 0 Å². The van der Waals surface area contributed by atoms with Crippen LogP contribution in [0.25, 0.3) is 0 Å². The molecule has 2 aliphatic rings. The number of nitrogens with one attached hydrogen (secondary N) is 1. The Morgan fingerprint density at radius 2 is 1.88 bits per heavy atom. The average molecular weight is 442 g/mol. The van der Waals surface area contributed by atoms with Crippen molar-refractivity contribution >= 4 is 23.4 Å². The Balaban J connectivity index is 1.43. The molecule has 162 valence electrons. The highest BCUT2D eigenvalue weighted by molar-refractivity contribution is 7.98. The van der Waals surface area contributed by atoms with Gasteiger partial charge in [-0.05, 0) is 65.8 Å². The Labute approximate surface area is 193 Å². The second-order valence-corrected chi connectivity index (χ2v) is 9.62. The summed E-state index contributed by atoms with van der Waals surface area (Å²) in [6, 6.07) is 23.4. The molecule has 1 N–H and O–H groups in total. The molecule has 4 heteroatoms. The number of benzene rings is 3. The lowest BCUT2D eigenvalue weighted by atomic mass is 9.76. The van der Waals surface area contributed by atoms with Crippen LogP contribution in [-0.4, -0.2) is 13.1 Å². The third kappa shape index (κ3) is 3.95. The van der Waals surface area contributed by atoms with Gasteiger partial charge in [0.2, 0.25) is 0 Å². The van der Waals surface area contributed by atoms with Gasteiger partial charge < -0.3 is 10.1 Å². The van der Waals surface area contributed by atoms with E-state index in [1.165, 1.54) is 39.9 Å². The van der Waals surface area contributed by atoms with E-state index in [-0.39, 0.29) is 12.0 Å². The van der Waals surface area contributed by atoms with Gasteiger partial charge in [-0.2, -0.15) is 0 Å². The summed E-state index contributed by atoms with van der Waals surface area (Å²) in [5.41, 5.74) is 7.14. The summed E-state index contributed by atoms with van der Waals surface area (Å²) >= 11 is 1.88. The zero-order chi connectivity index (χ0) is 22.1. The molecule has 0 bridgehead atoms. The minimum atomic E-state index is -0.296. The van der Waals surface area contributed by atoms with Gasteiger partial charge in [-0.25, -0.2) is 4.79 Å². The number of esters is 1. The Kier molecular flexibility index (Phi) is 5.79. The molecule has 32 heavy (non-hydrogen) atoms. The molecule has 3 nitrogen and oxygen atoms in total. The third-order valence-corrected chi connectivity index (χ3v) is 7.65. The van der Waals surface area contributed by atoms with E-state index < -0.39 is 0 Å². The molecule has 0 saturated heterocycles. The van der Waals surface area contributed by atoms with Crippen LogP contribution in [0.5, 0.6) is 0 Å². The van der Waals surface area contributed by atoms with Gasteiger partial charge >= 0.3 is 5.97 Å². The van der Waals surface area contributed by atoms with E-state index in [2.05, 4.69) is 79.0 Å². The van der Waals surface area contributed by atoms with Crippen LogP contribution >= 0.6 is 11.8 Å². The Morgan fingerprint density at radius 3 is 2.62 bits per heavy atom. The molecule has 0 saturated carbocycles. The minimum Gasteiger partial charge on any atom is -0.465 e. The molecule has 0 amide bonds. The van der Waals surface area contributed by atoms with Gasteiger partial charge in [0.1, 0.15) is 0 Å². The predicted octanol–water partition coefficient (Wildman–Crippen LogP) is 6.90. The first-order chi connectivity index (χ1) is 15.6. The molecule has 0 aromatic heterocycles. The van der Waals surface area contributed by atoms with Crippen molar-refractivity contribution in [3.05, 3.63) is 107 Å². The first-order valence-electron chi connectivity index (χ1n) is 11.1. The van der Waals surface area contributed by atoms with Gasteiger partial charge in [-0.3, -0.25) is 0 Å². The number of allylic oxidation sites excluding steroid dienone is 2. The molecule has 0 fully saturated rings. The first kappa shape index (κ1) is 20.9. The van der Waals surface area contributed by atoms with Crippen molar-refractivity contribution in [2.75, 3.05) is 12.4 Å². The van der Waals surface area contributed by atoms with E-state index in [1.807, 2.05) is 23.9 Å². The normalized spacial score (nSPS) is 20.9. The highest BCUT2D eigenvalue weighted by atomic mass is 32.2. The number of methoxy groups -OCH3 is 1. The number of fused-ring (bicyclic) bond motifs is 3. The Hall–Kier alpha value is -2.98. The summed E-state index contributed by atoms with van der Waals surface area (Å²) in [6.07, 6.45) is 5.76. The van der Waals surface area contributed by atoms with Gasteiger partial charge in [-0.1, -0.05) is 54.6 Å². The quantitative estimate of drug-likeness (QED) is 0.265. The van der Waals surface area contributed by atoms with Crippen LogP contribution in [0.3, 0.4) is 0 Å². The summed E-state index contributed by atoms with van der Waals surface area (Å²) in [5.74, 6) is 1.56. The van der Waals surface area contributed by atoms with Crippen LogP contribution in [0.4, 0.5) is 5.69 Å². The van der Waals surface area contributed by atoms with E-state index in [4.69, 9.17) is 4.74 Å². The molecular weight excluding hydrogens is 414 g/mol. The monoisotopic (exact) mass is 441 g/mol. The molecular formula is C28H27NO2S. The fraction of sp³-hybridized carbons (Fsp3) is 0.250. The maximum atomic E-state index is 11.8. The third-order valence-electron chi connectivity index (χ3n) is 6.57. The highest BCUT2D eigenvalue weighted by Crippen LogP contribution is 2.51. The maximum Gasteiger partial charge on any atom is 0.337 e. The number of anilines is 1. The Bertz CT molecular complexity index is 1150. The van der Waals surface area contributed by atoms with E-state index in [9.17, 15) is 4.79 Å². The van der Waals surface area contributed by atoms with Crippen molar-refractivity contribution in [1.29, 1.82) is 0 Å². The number of ether oxygens (including phenoxy) is 1. The van der Waals surface area contributed by atoms with Crippen LogP contribution in [-0.2, 0) is 10.5 Å². The number of carbonyl (C=O) groups excluding carboxylic acids is 1. The molecule has 0 radical (unpaired) electrons. The molecule has 0 spiro atoms. The van der Waals surface area contributed by atoms with Crippen molar-refractivity contribution < 1.29 is 9.53 Å². The topological polar surface area (TPSA) is 38.3 Å². The van der Waals surface area contributed by atoms with Gasteiger partial charge in [-0.15, -0.1) is 11.8 Å². The van der Waals surface area contributed by atoms with Crippen LogP contribution in [0.1, 0.15) is 51.0 Å². The molecule has 0 unspecified atom stereocenters. The van der Waals surface area contributed by atoms with Gasteiger partial charge in [0, 0.05) is 22.3 Å². The van der Waals surface area contributed by atoms with E-state index >= 15 is 0 Å². The molecule has 3 aromatic rings. The first-order valence-corrected chi connectivity index (χ1v) is 12.1. The molecule has 3 atom stereocenters. The summed E-state index contributed by atoms with van der Waals surface area (Å²) in [4.78, 5) is 13.1. The number of hydrogen-bond donors (Lipinski definition) is 1. The number of aryl methyl sites for hydroxylation is 1. The lowest BCUT2D eigenvalue weighted by Gasteiger charge is -2.38. The number of hydrogen-bond acceptors (Lipinski definition) is 4. The second kappa shape index (κ2) is 8.87. The lowest BCUT2D eigenvalue weighted by molar-refractivity contribution is 0.0600. The summed E-state index contributed by atoms with van der Waals surface area (Å²) in [6.45, 7) is 2.21. The van der Waals surface area contributed by atoms with Crippen molar-refractivity contribution in [1.82, 2.24) is 0 Å². The van der Waals surface area contributed by atoms with Crippen LogP contribution in [0, 0.1) is 12.8 Å². The zero-order valence-electron chi connectivity index (χ0n) is 18.4. The molecule has 1 heterocycles. The standard InChI is InChI=1S/C28H27NO2S/c1-18-15-19(17-32-22-7-4-3-5-8-22)16-25-23-9-6-10-24(23)27(29-26(18)25)20-11-13-21(14-12-20)28(30)31-2/h3-9,11-16,23-24,27,29H,10,17H2,1-2H3/t23-,24-,27+/m1/s1. The molecule has 5 rings (SSSR count). The SMILES string of the molecule is COC(=O)c1ccc([C@@H]2Nc3c(C)cc(CSc4ccccc4)cc3[C@@H]3C=CC[C@H]32)cc1. The second-order valence-electron chi connectivity index (χ2n) is 8.57. The van der Waals surface area contributed by atoms with Crippen molar-refractivity contribution in [3.8, 4) is 0 Å². The lowest BCUT2D eigenvalue weighted by Crippen LogP contribution is -2.29. The summed E-state index contributed by atoms with van der Waals surface area (Å²) in [5, 5.41) is 3.85. The van der Waals surface area contributed by atoms with E-state index in [1.54, 1.807) is 0 Å². The minimum absolute atomic E-state index is 0.220. The van der Waals surface area contributed by atoms with Crippen LogP contribution in [0.2, 0.25) is 0 Å². The number of thioether (sulfide) groups is 1. The number of carbonyl (C=O) groups is 1. The van der Waals surface area contributed by atoms with Gasteiger partial charge in [0.05, 0.1) is 18.7 Å². The van der Waals surface area contributed by atoms with E-state index in [0.717, 1.165) is 12.2 Å². The van der Waals surface area contributed by atoms with Crippen molar-refractivity contribution in [2.24, 2.45) is 5.92 Å². The molecule has 1 aliphatic carbocycles. The summed E-state index contributed by atoms with van der Waals surface area (Å²) in [7, 11) is 1.42. The highest BCUT2D eigenvalue weighted by Gasteiger charge is 2.38. The fourth-order valence-electron chi connectivity index (χ4n) is 5.01. The smallest absolute Gasteiger partial charge is 0.337 e. The largest absolute Gasteiger partial charge is 0.465 e. The summed E-state index contributed by atoms with van der Waals surface area (Å²) < 4.78 is 4.85. The zero-order valence-corrected chi connectivity index (χ0v) is 19.2. The fourth-order valence-corrected chi connectivity index (χ4v) is 5.85. The molecule has 3 aromatic carbocycles. The molecule has 1 aliphatic heterocycles.